The van der Waals surface area contributed by atoms with Crippen LogP contribution in [0, 0.1) is 0 Å². The molecule has 0 bridgehead atoms. The van der Waals surface area contributed by atoms with Crippen molar-refractivity contribution >= 4 is 29.0 Å². The number of halogens is 2. The van der Waals surface area contributed by atoms with E-state index in [1.54, 1.807) is 12.3 Å². The van der Waals surface area contributed by atoms with Crippen molar-refractivity contribution in [3.63, 3.8) is 0 Å². The molecule has 1 aliphatic heterocycles. The third-order valence-corrected chi connectivity index (χ3v) is 5.80. The van der Waals surface area contributed by atoms with Crippen LogP contribution in [0.2, 0.25) is 10.0 Å². The van der Waals surface area contributed by atoms with Gasteiger partial charge >= 0.3 is 0 Å². The van der Waals surface area contributed by atoms with E-state index in [0.29, 0.717) is 28.4 Å². The van der Waals surface area contributed by atoms with Crippen LogP contribution in [0.25, 0.3) is 11.1 Å². The van der Waals surface area contributed by atoms with Crippen LogP contribution in [0.15, 0.2) is 54.7 Å². The number of nitrogens with one attached hydrogen (secondary N) is 1. The normalized spacial score (nSPS) is 14.6. The van der Waals surface area contributed by atoms with Gasteiger partial charge in [-0.15, -0.1) is 0 Å². The summed E-state index contributed by atoms with van der Waals surface area (Å²) in [7, 11) is 1.92. The van der Waals surface area contributed by atoms with Crippen molar-refractivity contribution in [2.24, 2.45) is 5.73 Å². The van der Waals surface area contributed by atoms with E-state index in [9.17, 15) is 0 Å². The second-order valence-corrected chi connectivity index (χ2v) is 8.71. The number of anilines is 1. The maximum atomic E-state index is 6.21. The van der Waals surface area contributed by atoms with Crippen LogP contribution in [0.5, 0.6) is 11.5 Å². The Hall–Kier alpha value is -2.31. The second kappa shape index (κ2) is 9.88. The largest absolute Gasteiger partial charge is 0.456 e. The van der Waals surface area contributed by atoms with Gasteiger partial charge in [0.25, 0.3) is 0 Å². The SMILES string of the molecule is CNCc1cc(Oc2ccc(N3CCC(N)CC3)nc2)cc(-c2cc(Cl)cc(Cl)c2)c1. The van der Waals surface area contributed by atoms with E-state index in [1.165, 1.54) is 0 Å². The molecule has 0 radical (unpaired) electrons. The summed E-state index contributed by atoms with van der Waals surface area (Å²) in [6.07, 6.45) is 3.76. The number of nitrogens with zero attached hydrogens (tertiary/aromatic N) is 2. The molecule has 5 nitrogen and oxygen atoms in total. The summed E-state index contributed by atoms with van der Waals surface area (Å²) in [5, 5.41) is 4.39. The van der Waals surface area contributed by atoms with Gasteiger partial charge < -0.3 is 20.7 Å². The number of ether oxygens (including phenoxy) is 1. The number of hydrogen-bond donors (Lipinski definition) is 2. The molecule has 4 rings (SSSR count). The molecule has 0 amide bonds. The van der Waals surface area contributed by atoms with Crippen LogP contribution in [0.4, 0.5) is 5.82 Å². The van der Waals surface area contributed by atoms with Crippen molar-refractivity contribution in [1.29, 1.82) is 0 Å². The van der Waals surface area contributed by atoms with Crippen LogP contribution in [0.1, 0.15) is 18.4 Å². The lowest BCUT2D eigenvalue weighted by molar-refractivity contribution is 0.477. The van der Waals surface area contributed by atoms with Gasteiger partial charge in [-0.2, -0.15) is 0 Å². The van der Waals surface area contributed by atoms with Gasteiger partial charge in [0.15, 0.2) is 0 Å². The molecule has 31 heavy (non-hydrogen) atoms. The highest BCUT2D eigenvalue weighted by molar-refractivity contribution is 6.35. The topological polar surface area (TPSA) is 63.4 Å². The summed E-state index contributed by atoms with van der Waals surface area (Å²) in [6.45, 7) is 2.59. The fourth-order valence-corrected chi connectivity index (χ4v) is 4.32. The fraction of sp³-hybridized carbons (Fsp3) is 0.292. The number of hydrogen-bond acceptors (Lipinski definition) is 5. The monoisotopic (exact) mass is 456 g/mol. The average Bonchev–Trinajstić information content (AvgIpc) is 2.74. The molecule has 1 saturated heterocycles. The summed E-state index contributed by atoms with van der Waals surface area (Å²) in [5.74, 6) is 2.38. The van der Waals surface area contributed by atoms with Gasteiger partial charge in [-0.05, 0) is 85.1 Å². The zero-order valence-corrected chi connectivity index (χ0v) is 19.0. The van der Waals surface area contributed by atoms with Crippen LogP contribution in [0.3, 0.4) is 0 Å². The first-order chi connectivity index (χ1) is 15.0. The molecule has 0 atom stereocenters. The van der Waals surface area contributed by atoms with Crippen molar-refractivity contribution in [3.8, 4) is 22.6 Å². The highest BCUT2D eigenvalue weighted by atomic mass is 35.5. The van der Waals surface area contributed by atoms with E-state index in [4.69, 9.17) is 33.7 Å². The van der Waals surface area contributed by atoms with Crippen molar-refractivity contribution < 1.29 is 4.74 Å². The highest BCUT2D eigenvalue weighted by Gasteiger charge is 2.17. The minimum Gasteiger partial charge on any atom is -0.456 e. The molecule has 0 aliphatic carbocycles. The predicted octanol–water partition coefficient (Wildman–Crippen LogP) is 5.49. The molecule has 1 fully saturated rings. The zero-order valence-electron chi connectivity index (χ0n) is 17.4. The Balaban J connectivity index is 1.56. The van der Waals surface area contributed by atoms with E-state index >= 15 is 0 Å². The smallest absolute Gasteiger partial charge is 0.145 e. The van der Waals surface area contributed by atoms with E-state index in [0.717, 1.165) is 54.2 Å². The van der Waals surface area contributed by atoms with Gasteiger partial charge in [-0.25, -0.2) is 4.98 Å². The Kier molecular flexibility index (Phi) is 6.98. The number of aromatic nitrogens is 1. The van der Waals surface area contributed by atoms with Gasteiger partial charge in [0.05, 0.1) is 6.20 Å². The van der Waals surface area contributed by atoms with Crippen molar-refractivity contribution in [1.82, 2.24) is 10.3 Å². The average molecular weight is 457 g/mol. The molecule has 0 spiro atoms. The Morgan fingerprint density at radius 2 is 1.71 bits per heavy atom. The quantitative estimate of drug-likeness (QED) is 0.512. The van der Waals surface area contributed by atoms with E-state index in [-0.39, 0.29) is 0 Å². The molecule has 0 saturated carbocycles. The molecule has 162 valence electrons. The summed E-state index contributed by atoms with van der Waals surface area (Å²) < 4.78 is 6.15. The number of benzene rings is 2. The van der Waals surface area contributed by atoms with E-state index in [2.05, 4.69) is 21.3 Å². The zero-order chi connectivity index (χ0) is 21.8. The molecule has 7 heteroatoms. The van der Waals surface area contributed by atoms with Crippen LogP contribution in [-0.2, 0) is 6.54 Å². The lowest BCUT2D eigenvalue weighted by atomic mass is 10.0. The van der Waals surface area contributed by atoms with Crippen molar-refractivity contribution in [3.05, 3.63) is 70.3 Å². The fourth-order valence-electron chi connectivity index (χ4n) is 3.80. The Labute approximate surface area is 193 Å². The lowest BCUT2D eigenvalue weighted by Crippen LogP contribution is -2.40. The summed E-state index contributed by atoms with van der Waals surface area (Å²) in [5.41, 5.74) is 9.03. The third-order valence-electron chi connectivity index (χ3n) is 5.36. The Morgan fingerprint density at radius 3 is 2.35 bits per heavy atom. The van der Waals surface area contributed by atoms with Crippen molar-refractivity contribution in [2.75, 3.05) is 25.0 Å². The molecule has 1 aromatic heterocycles. The number of nitrogens with two attached hydrogens (primary N) is 1. The number of piperidine rings is 1. The highest BCUT2D eigenvalue weighted by Crippen LogP contribution is 2.32. The van der Waals surface area contributed by atoms with E-state index in [1.807, 2.05) is 43.4 Å². The summed E-state index contributed by atoms with van der Waals surface area (Å²) in [4.78, 5) is 6.86. The van der Waals surface area contributed by atoms with Crippen LogP contribution >= 0.6 is 23.2 Å². The second-order valence-electron chi connectivity index (χ2n) is 7.83. The van der Waals surface area contributed by atoms with Crippen LogP contribution < -0.4 is 20.7 Å². The molecular formula is C24H26Cl2N4O. The maximum absolute atomic E-state index is 6.21. The molecular weight excluding hydrogens is 431 g/mol. The standard InChI is InChI=1S/C24H26Cl2N4O/c1-28-14-16-8-17(18-10-19(25)13-20(26)11-18)12-23(9-16)31-22-2-3-24(29-15-22)30-6-4-21(27)5-7-30/h2-3,8-13,15,21,28H,4-7,14,27H2,1H3. The Morgan fingerprint density at radius 1 is 1.00 bits per heavy atom. The van der Waals surface area contributed by atoms with Gasteiger partial charge in [-0.1, -0.05) is 23.2 Å². The van der Waals surface area contributed by atoms with Gasteiger partial charge in [0.1, 0.15) is 17.3 Å². The third kappa shape index (κ3) is 5.69. The molecule has 3 N–H and O–H groups in total. The first-order valence-electron chi connectivity index (χ1n) is 10.4. The maximum Gasteiger partial charge on any atom is 0.145 e. The summed E-state index contributed by atoms with van der Waals surface area (Å²) >= 11 is 12.4. The first kappa shape index (κ1) is 21.9. The Bertz CT molecular complexity index is 1010. The minimum absolute atomic E-state index is 0.298. The van der Waals surface area contributed by atoms with Gasteiger partial charge in [0, 0.05) is 35.7 Å². The van der Waals surface area contributed by atoms with Crippen LogP contribution in [-0.4, -0.2) is 31.2 Å². The molecule has 2 heterocycles. The minimum atomic E-state index is 0.298. The molecule has 0 unspecified atom stereocenters. The molecule has 1 aliphatic rings. The first-order valence-corrected chi connectivity index (χ1v) is 11.2. The van der Waals surface area contributed by atoms with Gasteiger partial charge in [0.2, 0.25) is 0 Å². The van der Waals surface area contributed by atoms with Gasteiger partial charge in [-0.3, -0.25) is 0 Å². The van der Waals surface area contributed by atoms with E-state index < -0.39 is 0 Å². The summed E-state index contributed by atoms with van der Waals surface area (Å²) in [6, 6.07) is 15.9. The number of pyridine rings is 1. The molecule has 3 aromatic rings. The molecule has 2 aromatic carbocycles. The van der Waals surface area contributed by atoms with Crippen molar-refractivity contribution in [2.45, 2.75) is 25.4 Å². The lowest BCUT2D eigenvalue weighted by Gasteiger charge is -2.31. The predicted molar refractivity (Wildman–Crippen MR) is 128 cm³/mol. The number of rotatable bonds is 6.